The number of halogens is 1. The first kappa shape index (κ1) is 14.3. The predicted octanol–water partition coefficient (Wildman–Crippen LogP) is 3.61. The fourth-order valence-electron chi connectivity index (χ4n) is 2.30. The van der Waals surface area contributed by atoms with E-state index in [0.717, 1.165) is 29.6 Å². The molecule has 3 nitrogen and oxygen atoms in total. The lowest BCUT2D eigenvalue weighted by Gasteiger charge is -2.16. The average Bonchev–Trinajstić information content (AvgIpc) is 2.74. The molecule has 0 saturated carbocycles. The maximum atomic E-state index is 6.38. The van der Waals surface area contributed by atoms with Crippen molar-refractivity contribution in [1.82, 2.24) is 9.78 Å². The number of hydrogen-bond acceptors (Lipinski definition) is 2. The number of aromatic nitrogens is 2. The van der Waals surface area contributed by atoms with E-state index in [9.17, 15) is 0 Å². The van der Waals surface area contributed by atoms with Gasteiger partial charge >= 0.3 is 0 Å². The van der Waals surface area contributed by atoms with Gasteiger partial charge in [0, 0.05) is 6.54 Å². The topological polar surface area (TPSA) is 43.8 Å². The summed E-state index contributed by atoms with van der Waals surface area (Å²) in [5, 5.41) is 4.38. The van der Waals surface area contributed by atoms with Gasteiger partial charge in [-0.25, -0.2) is 0 Å². The summed E-state index contributed by atoms with van der Waals surface area (Å²) in [6.45, 7) is 5.18. The zero-order valence-electron chi connectivity index (χ0n) is 11.4. The van der Waals surface area contributed by atoms with Crippen molar-refractivity contribution in [2.45, 2.75) is 39.3 Å². The first-order valence-electron chi connectivity index (χ1n) is 6.64. The average molecular weight is 322 g/mol. The van der Waals surface area contributed by atoms with Gasteiger partial charge in [0.2, 0.25) is 0 Å². The van der Waals surface area contributed by atoms with Crippen molar-refractivity contribution >= 4 is 15.9 Å². The summed E-state index contributed by atoms with van der Waals surface area (Å²) < 4.78 is 3.01. The maximum absolute atomic E-state index is 6.38. The Kier molecular flexibility index (Phi) is 4.77. The Balaban J connectivity index is 2.22. The fraction of sp³-hybridized carbons (Fsp3) is 0.400. The standard InChI is InChI=1S/C15H20BrN3/c1-3-8-19-15(13(16)10-18-19)14(17)9-12-7-5-4-6-11(12)2/h4-7,10,14H,3,8-9,17H2,1-2H3. The van der Waals surface area contributed by atoms with E-state index in [-0.39, 0.29) is 6.04 Å². The second kappa shape index (κ2) is 6.35. The van der Waals surface area contributed by atoms with E-state index >= 15 is 0 Å². The van der Waals surface area contributed by atoms with Crippen molar-refractivity contribution in [3.8, 4) is 0 Å². The van der Waals surface area contributed by atoms with Gasteiger partial charge in [-0.3, -0.25) is 4.68 Å². The van der Waals surface area contributed by atoms with E-state index in [1.165, 1.54) is 11.1 Å². The molecular formula is C15H20BrN3. The molecule has 0 aliphatic rings. The highest BCUT2D eigenvalue weighted by Crippen LogP contribution is 2.25. The van der Waals surface area contributed by atoms with Crippen LogP contribution >= 0.6 is 15.9 Å². The Morgan fingerprint density at radius 3 is 2.79 bits per heavy atom. The van der Waals surface area contributed by atoms with Gasteiger partial charge in [-0.15, -0.1) is 0 Å². The summed E-state index contributed by atoms with van der Waals surface area (Å²) in [4.78, 5) is 0. The molecule has 0 saturated heterocycles. The third-order valence-electron chi connectivity index (χ3n) is 3.32. The van der Waals surface area contributed by atoms with Crippen LogP contribution in [0.2, 0.25) is 0 Å². The van der Waals surface area contributed by atoms with Crippen LogP contribution in [0, 0.1) is 6.92 Å². The van der Waals surface area contributed by atoms with E-state index < -0.39 is 0 Å². The minimum Gasteiger partial charge on any atom is -0.322 e. The molecule has 102 valence electrons. The molecule has 1 aromatic heterocycles. The first-order valence-corrected chi connectivity index (χ1v) is 7.44. The molecule has 0 spiro atoms. The molecular weight excluding hydrogens is 302 g/mol. The van der Waals surface area contributed by atoms with Crippen LogP contribution in [0.3, 0.4) is 0 Å². The van der Waals surface area contributed by atoms with Crippen molar-refractivity contribution < 1.29 is 0 Å². The van der Waals surface area contributed by atoms with Crippen LogP contribution in [-0.2, 0) is 13.0 Å². The monoisotopic (exact) mass is 321 g/mol. The molecule has 1 unspecified atom stereocenters. The van der Waals surface area contributed by atoms with Crippen molar-refractivity contribution in [3.05, 3.63) is 51.8 Å². The van der Waals surface area contributed by atoms with Crippen molar-refractivity contribution in [3.63, 3.8) is 0 Å². The minimum atomic E-state index is -0.0375. The number of rotatable bonds is 5. The van der Waals surface area contributed by atoms with E-state index in [4.69, 9.17) is 5.73 Å². The molecule has 1 atom stereocenters. The number of nitrogens with zero attached hydrogens (tertiary/aromatic N) is 2. The van der Waals surface area contributed by atoms with Crippen LogP contribution in [0.1, 0.15) is 36.2 Å². The van der Waals surface area contributed by atoms with Crippen molar-refractivity contribution in [2.24, 2.45) is 5.73 Å². The molecule has 0 amide bonds. The lowest BCUT2D eigenvalue weighted by atomic mass is 10.00. The summed E-state index contributed by atoms with van der Waals surface area (Å²) in [7, 11) is 0. The van der Waals surface area contributed by atoms with Gasteiger partial charge < -0.3 is 5.73 Å². The number of nitrogens with two attached hydrogens (primary N) is 1. The van der Waals surface area contributed by atoms with E-state index in [1.807, 2.05) is 10.9 Å². The van der Waals surface area contributed by atoms with Gasteiger partial charge in [0.25, 0.3) is 0 Å². The highest BCUT2D eigenvalue weighted by atomic mass is 79.9. The quantitative estimate of drug-likeness (QED) is 0.914. The van der Waals surface area contributed by atoms with E-state index in [2.05, 4.69) is 59.1 Å². The zero-order valence-corrected chi connectivity index (χ0v) is 13.0. The number of aryl methyl sites for hydroxylation is 2. The Labute approximate surface area is 122 Å². The molecule has 0 aliphatic heterocycles. The van der Waals surface area contributed by atoms with Gasteiger partial charge in [-0.1, -0.05) is 31.2 Å². The van der Waals surface area contributed by atoms with Crippen molar-refractivity contribution in [2.75, 3.05) is 0 Å². The van der Waals surface area contributed by atoms with Gasteiger partial charge in [0.15, 0.2) is 0 Å². The van der Waals surface area contributed by atoms with Crippen LogP contribution in [0.5, 0.6) is 0 Å². The van der Waals surface area contributed by atoms with Crippen LogP contribution < -0.4 is 5.73 Å². The summed E-state index contributed by atoms with van der Waals surface area (Å²) >= 11 is 3.56. The number of benzene rings is 1. The highest BCUT2D eigenvalue weighted by Gasteiger charge is 2.17. The highest BCUT2D eigenvalue weighted by molar-refractivity contribution is 9.10. The molecule has 19 heavy (non-hydrogen) atoms. The normalized spacial score (nSPS) is 12.6. The third-order valence-corrected chi connectivity index (χ3v) is 3.93. The molecule has 2 aromatic rings. The molecule has 0 radical (unpaired) electrons. The molecule has 2 N–H and O–H groups in total. The third kappa shape index (κ3) is 3.25. The van der Waals surface area contributed by atoms with Crippen LogP contribution in [0.15, 0.2) is 34.9 Å². The lowest BCUT2D eigenvalue weighted by Crippen LogP contribution is -2.19. The molecule has 0 aliphatic carbocycles. The SMILES string of the molecule is CCCn1ncc(Br)c1C(N)Cc1ccccc1C. The van der Waals surface area contributed by atoms with Crippen molar-refractivity contribution in [1.29, 1.82) is 0 Å². The van der Waals surface area contributed by atoms with E-state index in [1.54, 1.807) is 0 Å². The zero-order chi connectivity index (χ0) is 13.8. The van der Waals surface area contributed by atoms with Crippen LogP contribution in [-0.4, -0.2) is 9.78 Å². The van der Waals surface area contributed by atoms with Gasteiger partial charge in [-0.05, 0) is 46.8 Å². The number of hydrogen-bond donors (Lipinski definition) is 1. The largest absolute Gasteiger partial charge is 0.322 e. The molecule has 1 aromatic carbocycles. The Hall–Kier alpha value is -1.13. The molecule has 1 heterocycles. The Morgan fingerprint density at radius 1 is 1.37 bits per heavy atom. The predicted molar refractivity (Wildman–Crippen MR) is 82.0 cm³/mol. The second-order valence-electron chi connectivity index (χ2n) is 4.84. The minimum absolute atomic E-state index is 0.0375. The maximum Gasteiger partial charge on any atom is 0.0696 e. The fourth-order valence-corrected chi connectivity index (χ4v) is 2.89. The lowest BCUT2D eigenvalue weighted by molar-refractivity contribution is 0.536. The molecule has 4 heteroatoms. The Bertz CT molecular complexity index is 548. The smallest absolute Gasteiger partial charge is 0.0696 e. The summed E-state index contributed by atoms with van der Waals surface area (Å²) in [5.74, 6) is 0. The van der Waals surface area contributed by atoms with Crippen LogP contribution in [0.4, 0.5) is 0 Å². The summed E-state index contributed by atoms with van der Waals surface area (Å²) in [6, 6.07) is 8.35. The first-order chi connectivity index (χ1) is 9.13. The summed E-state index contributed by atoms with van der Waals surface area (Å²) in [6.07, 6.45) is 3.72. The molecule has 0 fully saturated rings. The van der Waals surface area contributed by atoms with Crippen LogP contribution in [0.25, 0.3) is 0 Å². The van der Waals surface area contributed by atoms with Gasteiger partial charge in [0.1, 0.15) is 0 Å². The second-order valence-corrected chi connectivity index (χ2v) is 5.69. The molecule has 0 bridgehead atoms. The molecule has 2 rings (SSSR count). The Morgan fingerprint density at radius 2 is 2.11 bits per heavy atom. The van der Waals surface area contributed by atoms with Gasteiger partial charge in [0.05, 0.1) is 22.4 Å². The van der Waals surface area contributed by atoms with Gasteiger partial charge in [-0.2, -0.15) is 5.10 Å². The summed E-state index contributed by atoms with van der Waals surface area (Å²) in [5.41, 5.74) is 10.1. The van der Waals surface area contributed by atoms with E-state index in [0.29, 0.717) is 0 Å².